The zero-order valence-electron chi connectivity index (χ0n) is 15.0. The van der Waals surface area contributed by atoms with Gasteiger partial charge in [-0.1, -0.05) is 37.3 Å². The number of aromatic nitrogens is 3. The van der Waals surface area contributed by atoms with Crippen molar-refractivity contribution in [1.82, 2.24) is 25.0 Å². The Morgan fingerprint density at radius 2 is 2.00 bits per heavy atom. The number of rotatable bonds is 6. The predicted molar refractivity (Wildman–Crippen MR) is 96.9 cm³/mol. The Morgan fingerprint density at radius 1 is 1.28 bits per heavy atom. The van der Waals surface area contributed by atoms with Crippen molar-refractivity contribution in [2.75, 3.05) is 19.6 Å². The number of hydrogen-bond donors (Lipinski definition) is 1. The average molecular weight is 341 g/mol. The number of carbonyl (C=O) groups excluding carboxylic acids is 1. The number of amides is 1. The van der Waals surface area contributed by atoms with Crippen molar-refractivity contribution in [3.8, 4) is 0 Å². The molecule has 0 radical (unpaired) electrons. The molecule has 0 spiro atoms. The summed E-state index contributed by atoms with van der Waals surface area (Å²) in [5, 5.41) is 7.16. The van der Waals surface area contributed by atoms with Gasteiger partial charge in [0.15, 0.2) is 0 Å². The summed E-state index contributed by atoms with van der Waals surface area (Å²) in [5.41, 5.74) is 1.26. The van der Waals surface area contributed by atoms with Gasteiger partial charge in [0.25, 0.3) is 0 Å². The van der Waals surface area contributed by atoms with Crippen LogP contribution in [0, 0.1) is 5.92 Å². The Hall–Kier alpha value is -2.21. The second-order valence-corrected chi connectivity index (χ2v) is 6.94. The van der Waals surface area contributed by atoms with Crippen molar-refractivity contribution in [3.63, 3.8) is 0 Å². The van der Waals surface area contributed by atoms with Crippen molar-refractivity contribution in [2.24, 2.45) is 5.92 Å². The third-order valence-corrected chi connectivity index (χ3v) is 5.13. The zero-order valence-corrected chi connectivity index (χ0v) is 15.0. The lowest BCUT2D eigenvalue weighted by atomic mass is 9.95. The molecular formula is C19H27N5O. The summed E-state index contributed by atoms with van der Waals surface area (Å²) in [6.07, 6.45) is 5.45. The van der Waals surface area contributed by atoms with E-state index in [1.807, 2.05) is 13.0 Å². The van der Waals surface area contributed by atoms with E-state index in [1.54, 1.807) is 11.0 Å². The van der Waals surface area contributed by atoms with Gasteiger partial charge < -0.3 is 5.32 Å². The molecular weight excluding hydrogens is 314 g/mol. The van der Waals surface area contributed by atoms with Crippen LogP contribution in [0.1, 0.15) is 44.3 Å². The summed E-state index contributed by atoms with van der Waals surface area (Å²) in [6.45, 7) is 6.92. The van der Waals surface area contributed by atoms with Gasteiger partial charge in [0.1, 0.15) is 18.7 Å². The molecule has 0 unspecified atom stereocenters. The van der Waals surface area contributed by atoms with Gasteiger partial charge in [-0.3, -0.25) is 9.69 Å². The molecule has 1 aliphatic heterocycles. The van der Waals surface area contributed by atoms with E-state index in [0.717, 1.165) is 19.0 Å². The lowest BCUT2D eigenvalue weighted by Crippen LogP contribution is -2.43. The standard InChI is InChI=1S/C19H27N5O/c1-15-8-10-23(11-9-15)18(17-6-4-3-5-7-17)12-21-19(25)16(2)24-14-20-13-22-24/h3-7,13-16,18H,8-12H2,1-2H3,(H,21,25)/t16-,18-/m0/s1. The molecule has 1 N–H and O–H groups in total. The molecule has 1 fully saturated rings. The molecule has 2 aromatic rings. The van der Waals surface area contributed by atoms with Crippen LogP contribution in [0.25, 0.3) is 0 Å². The summed E-state index contributed by atoms with van der Waals surface area (Å²) < 4.78 is 1.58. The smallest absolute Gasteiger partial charge is 0.244 e. The van der Waals surface area contributed by atoms with Crippen molar-refractivity contribution < 1.29 is 4.79 Å². The number of hydrogen-bond acceptors (Lipinski definition) is 4. The Morgan fingerprint density at radius 3 is 2.64 bits per heavy atom. The Bertz CT molecular complexity index is 650. The first kappa shape index (κ1) is 17.6. The van der Waals surface area contributed by atoms with Gasteiger partial charge in [0, 0.05) is 6.54 Å². The molecule has 0 bridgehead atoms. The van der Waals surface area contributed by atoms with Gasteiger partial charge in [-0.15, -0.1) is 0 Å². The Balaban J connectivity index is 1.66. The molecule has 3 rings (SSSR count). The van der Waals surface area contributed by atoms with Crippen LogP contribution in [-0.4, -0.2) is 45.2 Å². The van der Waals surface area contributed by atoms with E-state index < -0.39 is 0 Å². The normalized spacial score (nSPS) is 18.6. The highest BCUT2D eigenvalue weighted by Gasteiger charge is 2.26. The molecule has 0 saturated carbocycles. The van der Waals surface area contributed by atoms with Gasteiger partial charge >= 0.3 is 0 Å². The van der Waals surface area contributed by atoms with E-state index in [4.69, 9.17) is 0 Å². The van der Waals surface area contributed by atoms with Crippen LogP contribution in [0.4, 0.5) is 0 Å². The highest BCUT2D eigenvalue weighted by molar-refractivity contribution is 5.79. The van der Waals surface area contributed by atoms with Crippen molar-refractivity contribution in [3.05, 3.63) is 48.5 Å². The van der Waals surface area contributed by atoms with E-state index in [9.17, 15) is 4.79 Å². The van der Waals surface area contributed by atoms with E-state index in [2.05, 4.69) is 51.5 Å². The number of piperidine rings is 1. The third kappa shape index (κ3) is 4.45. The van der Waals surface area contributed by atoms with Gasteiger partial charge in [-0.05, 0) is 44.3 Å². The van der Waals surface area contributed by atoms with Crippen molar-refractivity contribution in [2.45, 2.75) is 38.8 Å². The van der Waals surface area contributed by atoms with Gasteiger partial charge in [-0.2, -0.15) is 5.10 Å². The van der Waals surface area contributed by atoms with Gasteiger partial charge in [-0.25, -0.2) is 9.67 Å². The fourth-order valence-corrected chi connectivity index (χ4v) is 3.36. The summed E-state index contributed by atoms with van der Waals surface area (Å²) in [6, 6.07) is 10.3. The minimum absolute atomic E-state index is 0.0307. The van der Waals surface area contributed by atoms with E-state index >= 15 is 0 Å². The van der Waals surface area contributed by atoms with Crippen LogP contribution in [0.15, 0.2) is 43.0 Å². The molecule has 25 heavy (non-hydrogen) atoms. The lowest BCUT2D eigenvalue weighted by Gasteiger charge is -2.37. The molecule has 0 aliphatic carbocycles. The van der Waals surface area contributed by atoms with Crippen LogP contribution in [0.2, 0.25) is 0 Å². The van der Waals surface area contributed by atoms with Crippen LogP contribution in [-0.2, 0) is 4.79 Å². The number of nitrogens with one attached hydrogen (secondary N) is 1. The van der Waals surface area contributed by atoms with E-state index in [-0.39, 0.29) is 18.0 Å². The summed E-state index contributed by atoms with van der Waals surface area (Å²) in [5.74, 6) is 0.756. The average Bonchev–Trinajstić information content (AvgIpc) is 3.18. The highest BCUT2D eigenvalue weighted by atomic mass is 16.2. The Labute approximate surface area is 149 Å². The minimum atomic E-state index is -0.361. The molecule has 1 aliphatic rings. The fraction of sp³-hybridized carbons (Fsp3) is 0.526. The van der Waals surface area contributed by atoms with Crippen LogP contribution in [0.3, 0.4) is 0 Å². The maximum Gasteiger partial charge on any atom is 0.244 e. The van der Waals surface area contributed by atoms with Crippen molar-refractivity contribution in [1.29, 1.82) is 0 Å². The minimum Gasteiger partial charge on any atom is -0.352 e. The molecule has 1 amide bonds. The molecule has 1 aromatic carbocycles. The fourth-order valence-electron chi connectivity index (χ4n) is 3.36. The molecule has 1 aromatic heterocycles. The second kappa shape index (κ2) is 8.25. The molecule has 2 heterocycles. The summed E-state index contributed by atoms with van der Waals surface area (Å²) in [7, 11) is 0. The van der Waals surface area contributed by atoms with Crippen LogP contribution >= 0.6 is 0 Å². The van der Waals surface area contributed by atoms with E-state index in [1.165, 1.54) is 24.7 Å². The largest absolute Gasteiger partial charge is 0.352 e. The number of nitrogens with zero attached hydrogens (tertiary/aromatic N) is 4. The van der Waals surface area contributed by atoms with Gasteiger partial charge in [0.05, 0.1) is 6.04 Å². The molecule has 6 heteroatoms. The third-order valence-electron chi connectivity index (χ3n) is 5.13. The first-order valence-electron chi connectivity index (χ1n) is 9.06. The topological polar surface area (TPSA) is 63.1 Å². The Kier molecular flexibility index (Phi) is 5.81. The van der Waals surface area contributed by atoms with E-state index in [0.29, 0.717) is 6.54 Å². The SMILES string of the molecule is CC1CCN([C@@H](CNC(=O)[C@H](C)n2cncn2)c2ccccc2)CC1. The molecule has 134 valence electrons. The lowest BCUT2D eigenvalue weighted by molar-refractivity contribution is -0.124. The highest BCUT2D eigenvalue weighted by Crippen LogP contribution is 2.26. The summed E-state index contributed by atoms with van der Waals surface area (Å²) in [4.78, 5) is 18.9. The maximum absolute atomic E-state index is 12.5. The number of likely N-dealkylation sites (tertiary alicyclic amines) is 1. The number of benzene rings is 1. The van der Waals surface area contributed by atoms with Gasteiger partial charge in [0.2, 0.25) is 5.91 Å². The predicted octanol–water partition coefficient (Wildman–Crippen LogP) is 2.43. The first-order valence-corrected chi connectivity index (χ1v) is 9.06. The van der Waals surface area contributed by atoms with Crippen LogP contribution < -0.4 is 5.32 Å². The first-order chi connectivity index (χ1) is 12.1. The quantitative estimate of drug-likeness (QED) is 0.876. The summed E-state index contributed by atoms with van der Waals surface area (Å²) >= 11 is 0. The maximum atomic E-state index is 12.5. The number of carbonyl (C=O) groups is 1. The van der Waals surface area contributed by atoms with Crippen LogP contribution in [0.5, 0.6) is 0 Å². The monoisotopic (exact) mass is 341 g/mol. The molecule has 2 atom stereocenters. The second-order valence-electron chi connectivity index (χ2n) is 6.94. The molecule has 6 nitrogen and oxygen atoms in total. The molecule has 1 saturated heterocycles. The van der Waals surface area contributed by atoms with Crippen molar-refractivity contribution >= 4 is 5.91 Å². The zero-order chi connectivity index (χ0) is 17.6.